The first-order valence-corrected chi connectivity index (χ1v) is 6.99. The average molecular weight is 349 g/mol. The summed E-state index contributed by atoms with van der Waals surface area (Å²) in [5.74, 6) is -0.982. The maximum absolute atomic E-state index is 11.8. The van der Waals surface area contributed by atoms with E-state index in [0.717, 1.165) is 5.56 Å². The monoisotopic (exact) mass is 348 g/mol. The van der Waals surface area contributed by atoms with Gasteiger partial charge in [-0.1, -0.05) is 18.2 Å². The summed E-state index contributed by atoms with van der Waals surface area (Å²) in [7, 11) is 0. The van der Waals surface area contributed by atoms with E-state index in [0.29, 0.717) is 10.2 Å². The number of para-hydroxylation sites is 1. The van der Waals surface area contributed by atoms with Gasteiger partial charge >= 0.3 is 5.97 Å². The quantitative estimate of drug-likeness (QED) is 0.862. The van der Waals surface area contributed by atoms with E-state index in [1.165, 1.54) is 6.20 Å². The summed E-state index contributed by atoms with van der Waals surface area (Å²) in [5, 5.41) is 2.69. The van der Waals surface area contributed by atoms with Crippen LogP contribution in [0.1, 0.15) is 15.9 Å². The Balaban J connectivity index is 1.90. The van der Waals surface area contributed by atoms with Crippen LogP contribution in [0.4, 0.5) is 5.69 Å². The standard InChI is InChI=1S/C15H13BrN2O3/c1-10-4-2-3-5-13(10)18-14(19)9-21-15(20)11-6-12(16)8-17-7-11/h2-8H,9H2,1H3,(H,18,19). The molecule has 108 valence electrons. The molecule has 0 aliphatic heterocycles. The number of carbonyl (C=O) groups excluding carboxylic acids is 2. The normalized spacial score (nSPS) is 10.0. The number of amides is 1. The zero-order valence-electron chi connectivity index (χ0n) is 11.3. The number of rotatable bonds is 4. The van der Waals surface area contributed by atoms with Crippen LogP contribution in [0, 0.1) is 6.92 Å². The smallest absolute Gasteiger partial charge is 0.340 e. The minimum atomic E-state index is -0.594. The third-order valence-corrected chi connectivity index (χ3v) is 3.13. The predicted molar refractivity (Wildman–Crippen MR) is 82.0 cm³/mol. The molecule has 5 nitrogen and oxygen atoms in total. The number of nitrogens with one attached hydrogen (secondary N) is 1. The lowest BCUT2D eigenvalue weighted by atomic mass is 10.2. The number of halogens is 1. The Labute approximate surface area is 130 Å². The fourth-order valence-corrected chi connectivity index (χ4v) is 2.00. The van der Waals surface area contributed by atoms with Crippen molar-refractivity contribution in [3.05, 3.63) is 58.3 Å². The highest BCUT2D eigenvalue weighted by Crippen LogP contribution is 2.13. The van der Waals surface area contributed by atoms with Crippen LogP contribution in [0.15, 0.2) is 47.2 Å². The summed E-state index contributed by atoms with van der Waals surface area (Å²) in [6.45, 7) is 1.54. The molecule has 0 bridgehead atoms. The third-order valence-electron chi connectivity index (χ3n) is 2.69. The molecule has 0 radical (unpaired) electrons. The molecule has 0 saturated carbocycles. The molecule has 6 heteroatoms. The number of aromatic nitrogens is 1. The van der Waals surface area contributed by atoms with Crippen LogP contribution in [-0.4, -0.2) is 23.5 Å². The number of esters is 1. The zero-order chi connectivity index (χ0) is 15.2. The van der Waals surface area contributed by atoms with E-state index in [-0.39, 0.29) is 18.1 Å². The van der Waals surface area contributed by atoms with Gasteiger partial charge in [0, 0.05) is 22.6 Å². The van der Waals surface area contributed by atoms with Gasteiger partial charge in [0.2, 0.25) is 0 Å². The van der Waals surface area contributed by atoms with E-state index in [4.69, 9.17) is 4.74 Å². The van der Waals surface area contributed by atoms with Crippen molar-refractivity contribution in [2.45, 2.75) is 6.92 Å². The minimum absolute atomic E-state index is 0.285. The van der Waals surface area contributed by atoms with E-state index in [1.54, 1.807) is 18.3 Å². The Hall–Kier alpha value is -2.21. The number of hydrogen-bond donors (Lipinski definition) is 1. The van der Waals surface area contributed by atoms with Crippen LogP contribution in [0.3, 0.4) is 0 Å². The zero-order valence-corrected chi connectivity index (χ0v) is 12.9. The van der Waals surface area contributed by atoms with Gasteiger partial charge in [0.25, 0.3) is 5.91 Å². The SMILES string of the molecule is Cc1ccccc1NC(=O)COC(=O)c1cncc(Br)c1. The van der Waals surface area contributed by atoms with Crippen LogP contribution >= 0.6 is 15.9 Å². The highest BCUT2D eigenvalue weighted by atomic mass is 79.9. The van der Waals surface area contributed by atoms with Crippen LogP contribution < -0.4 is 5.32 Å². The second-order valence-corrected chi connectivity index (χ2v) is 5.25. The number of benzene rings is 1. The maximum Gasteiger partial charge on any atom is 0.340 e. The van der Waals surface area contributed by atoms with E-state index in [2.05, 4.69) is 26.2 Å². The number of hydrogen-bond acceptors (Lipinski definition) is 4. The highest BCUT2D eigenvalue weighted by molar-refractivity contribution is 9.10. The van der Waals surface area contributed by atoms with Gasteiger partial charge in [0.1, 0.15) is 0 Å². The molecule has 1 heterocycles. The summed E-state index contributed by atoms with van der Waals surface area (Å²) >= 11 is 3.21. The summed E-state index contributed by atoms with van der Waals surface area (Å²) < 4.78 is 5.61. The molecule has 0 fully saturated rings. The Morgan fingerprint density at radius 3 is 2.76 bits per heavy atom. The summed E-state index contributed by atoms with van der Waals surface area (Å²) in [6, 6.07) is 8.95. The molecule has 21 heavy (non-hydrogen) atoms. The second kappa shape index (κ2) is 6.99. The summed E-state index contributed by atoms with van der Waals surface area (Å²) in [5.41, 5.74) is 1.92. The topological polar surface area (TPSA) is 68.3 Å². The highest BCUT2D eigenvalue weighted by Gasteiger charge is 2.11. The Bertz CT molecular complexity index is 673. The van der Waals surface area contributed by atoms with E-state index >= 15 is 0 Å². The molecule has 1 aromatic carbocycles. The largest absolute Gasteiger partial charge is 0.452 e. The summed E-state index contributed by atoms with van der Waals surface area (Å²) in [6.07, 6.45) is 2.94. The molecule has 0 unspecified atom stereocenters. The van der Waals surface area contributed by atoms with Gasteiger partial charge in [0.05, 0.1) is 5.56 Å². The first kappa shape index (κ1) is 15.2. The van der Waals surface area contributed by atoms with Gasteiger partial charge in [-0.3, -0.25) is 9.78 Å². The van der Waals surface area contributed by atoms with Crippen LogP contribution in [0.25, 0.3) is 0 Å². The fraction of sp³-hybridized carbons (Fsp3) is 0.133. The molecule has 2 rings (SSSR count). The number of nitrogens with zero attached hydrogens (tertiary/aromatic N) is 1. The van der Waals surface area contributed by atoms with Crippen molar-refractivity contribution in [1.82, 2.24) is 4.98 Å². The van der Waals surface area contributed by atoms with E-state index < -0.39 is 5.97 Å². The van der Waals surface area contributed by atoms with Crippen molar-refractivity contribution in [1.29, 1.82) is 0 Å². The average Bonchev–Trinajstić information content (AvgIpc) is 2.47. The van der Waals surface area contributed by atoms with Gasteiger partial charge in [-0.2, -0.15) is 0 Å². The molecule has 0 aliphatic carbocycles. The van der Waals surface area contributed by atoms with Crippen molar-refractivity contribution >= 4 is 33.5 Å². The van der Waals surface area contributed by atoms with Crippen LogP contribution in [-0.2, 0) is 9.53 Å². The van der Waals surface area contributed by atoms with Gasteiger partial charge in [-0.25, -0.2) is 4.79 Å². The van der Waals surface area contributed by atoms with Crippen molar-refractivity contribution in [2.75, 3.05) is 11.9 Å². The third kappa shape index (κ3) is 4.39. The Morgan fingerprint density at radius 1 is 1.29 bits per heavy atom. The molecule has 0 atom stereocenters. The molecule has 1 amide bonds. The molecule has 0 aliphatic rings. The van der Waals surface area contributed by atoms with Gasteiger partial charge in [0.15, 0.2) is 6.61 Å². The molecular formula is C15H13BrN2O3. The molecule has 1 N–H and O–H groups in total. The van der Waals surface area contributed by atoms with Crippen LogP contribution in [0.5, 0.6) is 0 Å². The number of anilines is 1. The first-order valence-electron chi connectivity index (χ1n) is 6.19. The fourth-order valence-electron chi connectivity index (χ4n) is 1.64. The number of pyridine rings is 1. The van der Waals surface area contributed by atoms with Crippen molar-refractivity contribution in [3.63, 3.8) is 0 Å². The van der Waals surface area contributed by atoms with Crippen molar-refractivity contribution in [2.24, 2.45) is 0 Å². The number of ether oxygens (including phenoxy) is 1. The minimum Gasteiger partial charge on any atom is -0.452 e. The van der Waals surface area contributed by atoms with Gasteiger partial charge in [-0.15, -0.1) is 0 Å². The lowest BCUT2D eigenvalue weighted by Crippen LogP contribution is -2.21. The maximum atomic E-state index is 11.8. The molecule has 1 aromatic heterocycles. The Kier molecular flexibility index (Phi) is 5.05. The van der Waals surface area contributed by atoms with Crippen molar-refractivity contribution < 1.29 is 14.3 Å². The van der Waals surface area contributed by atoms with Crippen molar-refractivity contribution in [3.8, 4) is 0 Å². The Morgan fingerprint density at radius 2 is 2.05 bits per heavy atom. The lowest BCUT2D eigenvalue weighted by molar-refractivity contribution is -0.119. The van der Waals surface area contributed by atoms with Crippen LogP contribution in [0.2, 0.25) is 0 Å². The molecular weight excluding hydrogens is 336 g/mol. The van der Waals surface area contributed by atoms with Gasteiger partial charge in [-0.05, 0) is 40.5 Å². The van der Waals surface area contributed by atoms with E-state index in [1.807, 2.05) is 25.1 Å². The van der Waals surface area contributed by atoms with Gasteiger partial charge < -0.3 is 10.1 Å². The predicted octanol–water partition coefficient (Wildman–Crippen LogP) is 2.95. The molecule has 0 saturated heterocycles. The van der Waals surface area contributed by atoms with E-state index in [9.17, 15) is 9.59 Å². The molecule has 2 aromatic rings. The summed E-state index contributed by atoms with van der Waals surface area (Å²) in [4.78, 5) is 27.4. The second-order valence-electron chi connectivity index (χ2n) is 4.33. The first-order chi connectivity index (χ1) is 10.1. The molecule has 0 spiro atoms. The lowest BCUT2D eigenvalue weighted by Gasteiger charge is -2.08. The number of carbonyl (C=O) groups is 2. The number of aryl methyl sites for hydroxylation is 1.